The molecule has 0 saturated carbocycles. The molecule has 0 N–H and O–H groups in total. The molecule has 0 saturated heterocycles. The van der Waals surface area contributed by atoms with Gasteiger partial charge >= 0.3 is 23.0 Å². The Morgan fingerprint density at radius 3 is 1.95 bits per heavy atom. The Bertz CT molecular complexity index is 475. The minimum absolute atomic E-state index is 0. The molecule has 0 aromatic heterocycles. The number of aryl methyl sites for hydroxylation is 1. The van der Waals surface area contributed by atoms with E-state index in [-0.39, 0.29) is 23.0 Å². The number of carbonyl (C=O) groups is 1. The fourth-order valence-electron chi connectivity index (χ4n) is 1.94. The van der Waals surface area contributed by atoms with Gasteiger partial charge in [-0.05, 0) is 27.6 Å². The number of esters is 1. The van der Waals surface area contributed by atoms with E-state index in [1.54, 1.807) is 0 Å². The van der Waals surface area contributed by atoms with Crippen LogP contribution in [0.1, 0.15) is 24.5 Å². The van der Waals surface area contributed by atoms with Gasteiger partial charge in [-0.1, -0.05) is 6.42 Å². The first-order chi connectivity index (χ1) is 10.1. The van der Waals surface area contributed by atoms with Crippen molar-refractivity contribution >= 4 is 5.97 Å². The maximum Gasteiger partial charge on any atom is 2.00 e. The van der Waals surface area contributed by atoms with E-state index < -0.39 is 0 Å². The molecule has 22 heavy (non-hydrogen) atoms. The Morgan fingerprint density at radius 1 is 1.00 bits per heavy atom. The van der Waals surface area contributed by atoms with Gasteiger partial charge in [-0.25, -0.2) is 24.3 Å². The van der Waals surface area contributed by atoms with E-state index in [0.717, 1.165) is 13.0 Å². The standard InChI is InChI=1S/C10H13O2.C8H12N.Fe/c1-2-12-10(11)8-7-9-5-3-4-6-9;1-9(2)7-8-5-3-4-6-8;/h3-6H,2,7-8H2,1H3;3-6H,7H2,1-2H3;/q2*-1;+2. The summed E-state index contributed by atoms with van der Waals surface area (Å²) in [6.45, 7) is 3.34. The van der Waals surface area contributed by atoms with Crippen LogP contribution in [-0.2, 0) is 39.6 Å². The van der Waals surface area contributed by atoms with E-state index in [2.05, 4.69) is 43.3 Å². The zero-order chi connectivity index (χ0) is 15.5. The van der Waals surface area contributed by atoms with Crippen molar-refractivity contribution in [3.05, 3.63) is 59.7 Å². The van der Waals surface area contributed by atoms with E-state index in [0.29, 0.717) is 13.0 Å². The molecule has 122 valence electrons. The van der Waals surface area contributed by atoms with E-state index in [1.807, 2.05) is 31.2 Å². The molecule has 0 heterocycles. The van der Waals surface area contributed by atoms with Crippen molar-refractivity contribution in [2.24, 2.45) is 0 Å². The number of rotatable bonds is 6. The predicted octanol–water partition coefficient (Wildman–Crippen LogP) is 3.37. The zero-order valence-corrected chi connectivity index (χ0v) is 14.7. The van der Waals surface area contributed by atoms with Crippen LogP contribution in [-0.4, -0.2) is 31.6 Å². The third kappa shape index (κ3) is 9.56. The average molecular weight is 343 g/mol. The second-order valence-corrected chi connectivity index (χ2v) is 5.13. The summed E-state index contributed by atoms with van der Waals surface area (Å²) < 4.78 is 4.80. The molecule has 0 spiro atoms. The van der Waals surface area contributed by atoms with Gasteiger partial charge in [-0.3, -0.25) is 4.79 Å². The Balaban J connectivity index is 0.000000397. The smallest absolute Gasteiger partial charge is 0.466 e. The first kappa shape index (κ1) is 20.6. The molecule has 2 aromatic rings. The third-order valence-corrected chi connectivity index (χ3v) is 2.89. The van der Waals surface area contributed by atoms with Crippen molar-refractivity contribution in [1.82, 2.24) is 4.90 Å². The minimum atomic E-state index is -0.112. The van der Waals surface area contributed by atoms with Crippen LogP contribution >= 0.6 is 0 Å². The first-order valence-electron chi connectivity index (χ1n) is 7.33. The van der Waals surface area contributed by atoms with Gasteiger partial charge in [0.2, 0.25) is 0 Å². The van der Waals surface area contributed by atoms with E-state index in [4.69, 9.17) is 4.74 Å². The van der Waals surface area contributed by atoms with Gasteiger partial charge < -0.3 is 9.64 Å². The van der Waals surface area contributed by atoms with Crippen molar-refractivity contribution in [2.75, 3.05) is 20.7 Å². The molecule has 0 radical (unpaired) electrons. The third-order valence-electron chi connectivity index (χ3n) is 2.89. The van der Waals surface area contributed by atoms with Crippen LogP contribution in [0.2, 0.25) is 0 Å². The summed E-state index contributed by atoms with van der Waals surface area (Å²) in [5.41, 5.74) is 2.59. The van der Waals surface area contributed by atoms with Gasteiger partial charge in [0.05, 0.1) is 6.61 Å². The Labute approximate surface area is 144 Å². The van der Waals surface area contributed by atoms with Crippen molar-refractivity contribution in [3.8, 4) is 0 Å². The summed E-state index contributed by atoms with van der Waals surface area (Å²) in [5, 5.41) is 0. The van der Waals surface area contributed by atoms with Crippen LogP contribution in [0.25, 0.3) is 0 Å². The number of nitrogens with zero attached hydrogens (tertiary/aromatic N) is 1. The normalized spacial score (nSPS) is 9.64. The largest absolute Gasteiger partial charge is 2.00 e. The molecule has 0 fully saturated rings. The van der Waals surface area contributed by atoms with Crippen LogP contribution in [0.4, 0.5) is 0 Å². The quantitative estimate of drug-likeness (QED) is 0.458. The maximum absolute atomic E-state index is 10.9. The van der Waals surface area contributed by atoms with Crippen molar-refractivity contribution in [3.63, 3.8) is 0 Å². The first-order valence-corrected chi connectivity index (χ1v) is 7.33. The van der Waals surface area contributed by atoms with Gasteiger partial charge in [0, 0.05) is 6.42 Å². The van der Waals surface area contributed by atoms with Crippen LogP contribution in [0, 0.1) is 0 Å². The van der Waals surface area contributed by atoms with Crippen LogP contribution in [0.5, 0.6) is 0 Å². The molecular weight excluding hydrogens is 318 g/mol. The molecule has 3 nitrogen and oxygen atoms in total. The van der Waals surface area contributed by atoms with Gasteiger partial charge in [0.25, 0.3) is 0 Å². The summed E-state index contributed by atoms with van der Waals surface area (Å²) in [5.74, 6) is -0.112. The van der Waals surface area contributed by atoms with Crippen molar-refractivity contribution in [2.45, 2.75) is 26.3 Å². The Morgan fingerprint density at radius 2 is 1.50 bits per heavy atom. The molecule has 0 amide bonds. The van der Waals surface area contributed by atoms with Crippen LogP contribution in [0.3, 0.4) is 0 Å². The minimum Gasteiger partial charge on any atom is -0.466 e. The summed E-state index contributed by atoms with van der Waals surface area (Å²) >= 11 is 0. The average Bonchev–Trinajstić information content (AvgIpc) is 3.09. The molecule has 0 unspecified atom stereocenters. The topological polar surface area (TPSA) is 29.5 Å². The Kier molecular flexibility index (Phi) is 11.5. The number of ether oxygens (including phenoxy) is 1. The summed E-state index contributed by atoms with van der Waals surface area (Å²) in [4.78, 5) is 13.1. The summed E-state index contributed by atoms with van der Waals surface area (Å²) in [6.07, 6.45) is 1.27. The van der Waals surface area contributed by atoms with Gasteiger partial charge in [-0.2, -0.15) is 29.8 Å². The molecule has 0 bridgehead atoms. The molecule has 0 aliphatic carbocycles. The van der Waals surface area contributed by atoms with Crippen LogP contribution in [0.15, 0.2) is 48.5 Å². The fourth-order valence-corrected chi connectivity index (χ4v) is 1.94. The molecule has 4 heteroatoms. The molecular formula is C18H25FeNO2. The number of carbonyl (C=O) groups excluding carboxylic acids is 1. The van der Waals surface area contributed by atoms with Crippen molar-refractivity contribution < 1.29 is 26.6 Å². The van der Waals surface area contributed by atoms with Crippen molar-refractivity contribution in [1.29, 1.82) is 0 Å². The maximum atomic E-state index is 10.9. The van der Waals surface area contributed by atoms with E-state index >= 15 is 0 Å². The fraction of sp³-hybridized carbons (Fsp3) is 0.389. The molecule has 0 atom stereocenters. The molecule has 2 rings (SSSR count). The Hall–Kier alpha value is -1.35. The molecule has 0 aliphatic heterocycles. The molecule has 2 aromatic carbocycles. The van der Waals surface area contributed by atoms with Gasteiger partial charge in [-0.15, -0.1) is 5.56 Å². The SMILES string of the molecule is CCOC(=O)CC[c-]1cccc1.CN(C)C[c-]1cccc1.[Fe+2]. The molecule has 0 aliphatic rings. The van der Waals surface area contributed by atoms with Gasteiger partial charge in [0.1, 0.15) is 0 Å². The van der Waals surface area contributed by atoms with E-state index in [1.165, 1.54) is 11.1 Å². The second-order valence-electron chi connectivity index (χ2n) is 5.13. The second kappa shape index (κ2) is 12.2. The van der Waals surface area contributed by atoms with Crippen LogP contribution < -0.4 is 0 Å². The number of hydrogen-bond acceptors (Lipinski definition) is 3. The summed E-state index contributed by atoms with van der Waals surface area (Å²) in [7, 11) is 4.15. The monoisotopic (exact) mass is 343 g/mol. The zero-order valence-electron chi connectivity index (χ0n) is 13.6. The van der Waals surface area contributed by atoms with E-state index in [9.17, 15) is 4.79 Å². The number of hydrogen-bond donors (Lipinski definition) is 0. The predicted molar refractivity (Wildman–Crippen MR) is 86.4 cm³/mol. The summed E-state index contributed by atoms with van der Waals surface area (Å²) in [6, 6.07) is 16.4. The van der Waals surface area contributed by atoms with Gasteiger partial charge in [0.15, 0.2) is 0 Å².